The van der Waals surface area contributed by atoms with Crippen LogP contribution >= 0.6 is 0 Å². The zero-order chi connectivity index (χ0) is 17.6. The summed E-state index contributed by atoms with van der Waals surface area (Å²) in [7, 11) is -3.50. The number of nitrogens with one attached hydrogen (secondary N) is 1. The molecular weight excluding hydrogens is 338 g/mol. The Balaban J connectivity index is 1.54. The van der Waals surface area contributed by atoms with Gasteiger partial charge in [0.2, 0.25) is 10.0 Å². The number of nitrogens with two attached hydrogens (primary N) is 1. The summed E-state index contributed by atoms with van der Waals surface area (Å²) in [6.07, 6.45) is 5.30. The maximum atomic E-state index is 12.8. The number of likely N-dealkylation sites (tertiary alicyclic amines) is 1. The molecule has 1 amide bonds. The molecule has 0 bridgehead atoms. The molecule has 25 heavy (non-hydrogen) atoms. The SMILES string of the molecule is NS(=O)(=O)C[C@H]1CCN(C(=O)c2ccc3c4c([nH]c3c2)CCCC4)C1. The van der Waals surface area contributed by atoms with E-state index in [-0.39, 0.29) is 17.6 Å². The predicted octanol–water partition coefficient (Wildman–Crippen LogP) is 1.80. The van der Waals surface area contributed by atoms with Crippen molar-refractivity contribution >= 4 is 26.8 Å². The number of carbonyl (C=O) groups is 1. The van der Waals surface area contributed by atoms with Crippen molar-refractivity contribution in [2.45, 2.75) is 32.1 Å². The summed E-state index contributed by atoms with van der Waals surface area (Å²) >= 11 is 0. The molecule has 3 N–H and O–H groups in total. The number of hydrogen-bond acceptors (Lipinski definition) is 3. The number of aromatic amines is 1. The number of rotatable bonds is 3. The molecule has 2 heterocycles. The van der Waals surface area contributed by atoms with E-state index in [4.69, 9.17) is 5.14 Å². The molecule has 0 saturated carbocycles. The molecule has 1 aliphatic carbocycles. The molecular formula is C18H23N3O3S. The van der Waals surface area contributed by atoms with Crippen LogP contribution in [0.2, 0.25) is 0 Å². The van der Waals surface area contributed by atoms with E-state index in [1.54, 1.807) is 4.90 Å². The van der Waals surface area contributed by atoms with Gasteiger partial charge in [0.1, 0.15) is 0 Å². The monoisotopic (exact) mass is 361 g/mol. The number of nitrogens with zero attached hydrogens (tertiary/aromatic N) is 1. The Bertz CT molecular complexity index is 932. The quantitative estimate of drug-likeness (QED) is 0.872. The number of carbonyl (C=O) groups excluding carboxylic acids is 1. The number of aryl methyl sites for hydroxylation is 2. The summed E-state index contributed by atoms with van der Waals surface area (Å²) in [4.78, 5) is 18.0. The molecule has 0 spiro atoms. The van der Waals surface area contributed by atoms with Gasteiger partial charge in [-0.15, -0.1) is 0 Å². The number of sulfonamides is 1. The van der Waals surface area contributed by atoms with E-state index >= 15 is 0 Å². The fraction of sp³-hybridized carbons (Fsp3) is 0.500. The van der Waals surface area contributed by atoms with Crippen LogP contribution in [0.4, 0.5) is 0 Å². The number of benzene rings is 1. The van der Waals surface area contributed by atoms with Gasteiger partial charge in [-0.05, 0) is 55.7 Å². The van der Waals surface area contributed by atoms with Crippen LogP contribution in [0.1, 0.15) is 40.9 Å². The van der Waals surface area contributed by atoms with Gasteiger partial charge >= 0.3 is 0 Å². The molecule has 1 aliphatic heterocycles. The smallest absolute Gasteiger partial charge is 0.253 e. The molecule has 6 nitrogen and oxygen atoms in total. The summed E-state index contributed by atoms with van der Waals surface area (Å²) in [6.45, 7) is 1.03. The number of aromatic nitrogens is 1. The highest BCUT2D eigenvalue weighted by Crippen LogP contribution is 2.30. The van der Waals surface area contributed by atoms with Crippen molar-refractivity contribution in [3.63, 3.8) is 0 Å². The molecule has 2 aliphatic rings. The minimum absolute atomic E-state index is 0.0357. The van der Waals surface area contributed by atoms with E-state index in [1.807, 2.05) is 18.2 Å². The van der Waals surface area contributed by atoms with Crippen LogP contribution in [0.25, 0.3) is 10.9 Å². The Morgan fingerprint density at radius 2 is 2.08 bits per heavy atom. The van der Waals surface area contributed by atoms with Gasteiger partial charge in [-0.1, -0.05) is 6.07 Å². The molecule has 7 heteroatoms. The van der Waals surface area contributed by atoms with Crippen LogP contribution in [0, 0.1) is 5.92 Å². The van der Waals surface area contributed by atoms with Gasteiger partial charge in [-0.2, -0.15) is 0 Å². The van der Waals surface area contributed by atoms with Crippen LogP contribution in [-0.4, -0.2) is 43.1 Å². The minimum Gasteiger partial charge on any atom is -0.358 e. The molecule has 1 fully saturated rings. The highest BCUT2D eigenvalue weighted by Gasteiger charge is 2.29. The van der Waals surface area contributed by atoms with Gasteiger partial charge < -0.3 is 9.88 Å². The average molecular weight is 361 g/mol. The third-order valence-electron chi connectivity index (χ3n) is 5.39. The van der Waals surface area contributed by atoms with E-state index in [9.17, 15) is 13.2 Å². The number of amides is 1. The number of H-pyrrole nitrogens is 1. The van der Waals surface area contributed by atoms with Crippen LogP contribution in [0.15, 0.2) is 18.2 Å². The number of hydrogen-bond donors (Lipinski definition) is 2. The van der Waals surface area contributed by atoms with Crippen LogP contribution in [0.3, 0.4) is 0 Å². The Hall–Kier alpha value is -1.86. The first kappa shape index (κ1) is 16.6. The molecule has 4 rings (SSSR count). The van der Waals surface area contributed by atoms with Gasteiger partial charge in [0.25, 0.3) is 5.91 Å². The topological polar surface area (TPSA) is 96.3 Å². The van der Waals surface area contributed by atoms with E-state index in [0.29, 0.717) is 25.1 Å². The molecule has 0 radical (unpaired) electrons. The molecule has 1 saturated heterocycles. The summed E-state index contributed by atoms with van der Waals surface area (Å²) in [5, 5.41) is 6.34. The van der Waals surface area contributed by atoms with Gasteiger partial charge in [0, 0.05) is 35.2 Å². The fourth-order valence-corrected chi connectivity index (χ4v) is 5.14. The minimum atomic E-state index is -3.50. The third-order valence-corrected chi connectivity index (χ3v) is 6.32. The lowest BCUT2D eigenvalue weighted by atomic mass is 9.95. The third kappa shape index (κ3) is 3.30. The maximum Gasteiger partial charge on any atom is 0.253 e. The lowest BCUT2D eigenvalue weighted by molar-refractivity contribution is 0.0788. The van der Waals surface area contributed by atoms with Crippen molar-refractivity contribution in [3.05, 3.63) is 35.0 Å². The summed E-state index contributed by atoms with van der Waals surface area (Å²) in [5.41, 5.74) is 4.38. The Morgan fingerprint density at radius 1 is 1.28 bits per heavy atom. The summed E-state index contributed by atoms with van der Waals surface area (Å²) in [5.74, 6) is -0.161. The van der Waals surface area contributed by atoms with Gasteiger partial charge in [0.05, 0.1) is 5.75 Å². The lowest BCUT2D eigenvalue weighted by Crippen LogP contribution is -2.30. The molecule has 2 aromatic rings. The highest BCUT2D eigenvalue weighted by atomic mass is 32.2. The molecule has 1 atom stereocenters. The molecule has 0 unspecified atom stereocenters. The zero-order valence-electron chi connectivity index (χ0n) is 14.1. The number of primary sulfonamides is 1. The van der Waals surface area contributed by atoms with Crippen molar-refractivity contribution in [2.75, 3.05) is 18.8 Å². The summed E-state index contributed by atoms with van der Waals surface area (Å²) in [6, 6.07) is 5.87. The van der Waals surface area contributed by atoms with Gasteiger partial charge in [0.15, 0.2) is 0 Å². The standard InChI is InChI=1S/C18H23N3O3S/c19-25(23,24)11-12-7-8-21(10-12)18(22)13-5-6-15-14-3-1-2-4-16(14)20-17(15)9-13/h5-6,9,12,20H,1-4,7-8,10-11H2,(H2,19,23,24)/t12-/m0/s1. The average Bonchev–Trinajstić information content (AvgIpc) is 3.16. The largest absolute Gasteiger partial charge is 0.358 e. The van der Waals surface area contributed by atoms with E-state index in [0.717, 1.165) is 18.4 Å². The van der Waals surface area contributed by atoms with Crippen LogP contribution < -0.4 is 5.14 Å². The van der Waals surface area contributed by atoms with Crippen molar-refractivity contribution in [1.29, 1.82) is 0 Å². The van der Waals surface area contributed by atoms with Gasteiger partial charge in [-0.3, -0.25) is 4.79 Å². The van der Waals surface area contributed by atoms with Crippen molar-refractivity contribution in [2.24, 2.45) is 11.1 Å². The fourth-order valence-electron chi connectivity index (χ4n) is 4.21. The second-order valence-electron chi connectivity index (χ2n) is 7.28. The second-order valence-corrected chi connectivity index (χ2v) is 8.94. The molecule has 1 aromatic heterocycles. The first-order valence-electron chi connectivity index (χ1n) is 8.84. The maximum absolute atomic E-state index is 12.8. The van der Waals surface area contributed by atoms with E-state index in [1.165, 1.54) is 29.5 Å². The van der Waals surface area contributed by atoms with Crippen molar-refractivity contribution < 1.29 is 13.2 Å². The predicted molar refractivity (Wildman–Crippen MR) is 96.9 cm³/mol. The van der Waals surface area contributed by atoms with Crippen molar-refractivity contribution in [3.8, 4) is 0 Å². The molecule has 1 aromatic carbocycles. The van der Waals surface area contributed by atoms with Gasteiger partial charge in [-0.25, -0.2) is 13.6 Å². The van der Waals surface area contributed by atoms with E-state index < -0.39 is 10.0 Å². The van der Waals surface area contributed by atoms with Crippen LogP contribution in [0.5, 0.6) is 0 Å². The summed E-state index contributed by atoms with van der Waals surface area (Å²) < 4.78 is 22.5. The molecule has 134 valence electrons. The normalized spacial score (nSPS) is 20.8. The first-order chi connectivity index (χ1) is 11.9. The highest BCUT2D eigenvalue weighted by molar-refractivity contribution is 7.89. The van der Waals surface area contributed by atoms with Crippen LogP contribution in [-0.2, 0) is 22.9 Å². The van der Waals surface area contributed by atoms with E-state index in [2.05, 4.69) is 4.98 Å². The second kappa shape index (κ2) is 6.14. The number of fused-ring (bicyclic) bond motifs is 3. The first-order valence-corrected chi connectivity index (χ1v) is 10.6. The lowest BCUT2D eigenvalue weighted by Gasteiger charge is -2.16. The Kier molecular flexibility index (Phi) is 4.08. The Labute approximate surface area is 147 Å². The zero-order valence-corrected chi connectivity index (χ0v) is 14.9. The van der Waals surface area contributed by atoms with Crippen molar-refractivity contribution in [1.82, 2.24) is 9.88 Å². The Morgan fingerprint density at radius 3 is 2.88 bits per heavy atom.